The summed E-state index contributed by atoms with van der Waals surface area (Å²) in [5.41, 5.74) is 2.49. The first kappa shape index (κ1) is 20.1. The lowest BCUT2D eigenvalue weighted by molar-refractivity contribution is -0.113. The number of sulfonamides is 1. The lowest BCUT2D eigenvalue weighted by Gasteiger charge is -2.25. The van der Waals surface area contributed by atoms with Gasteiger partial charge < -0.3 is 10.1 Å². The number of aryl methyl sites for hydroxylation is 1. The molecule has 2 aromatic carbocycles. The molecule has 0 saturated heterocycles. The van der Waals surface area contributed by atoms with Gasteiger partial charge in [-0.15, -0.1) is 0 Å². The fourth-order valence-electron chi connectivity index (χ4n) is 3.05. The van der Waals surface area contributed by atoms with Gasteiger partial charge in [0.15, 0.2) is 0 Å². The van der Waals surface area contributed by atoms with Crippen LogP contribution in [0.2, 0.25) is 0 Å². The number of anilines is 1. The minimum atomic E-state index is -3.60. The minimum absolute atomic E-state index is 0.173. The van der Waals surface area contributed by atoms with Crippen LogP contribution < -0.4 is 10.1 Å². The Morgan fingerprint density at radius 3 is 2.54 bits per heavy atom. The Labute approximate surface area is 165 Å². The number of hydrogen-bond donors (Lipinski definition) is 1. The molecule has 0 fully saturated rings. The highest BCUT2D eigenvalue weighted by Crippen LogP contribution is 2.23. The average molecular weight is 401 g/mol. The van der Waals surface area contributed by atoms with E-state index in [2.05, 4.69) is 12.2 Å². The molecule has 0 radical (unpaired) electrons. The molecule has 148 valence electrons. The van der Waals surface area contributed by atoms with Crippen LogP contribution in [0.1, 0.15) is 18.9 Å². The van der Waals surface area contributed by atoms with Gasteiger partial charge in [-0.2, -0.15) is 4.31 Å². The molecule has 1 amide bonds. The highest BCUT2D eigenvalue weighted by molar-refractivity contribution is 7.89. The van der Waals surface area contributed by atoms with Gasteiger partial charge in [0, 0.05) is 24.4 Å². The fraction of sp³-hybridized carbons (Fsp3) is 0.286. The zero-order valence-corrected chi connectivity index (χ0v) is 16.8. The summed E-state index contributed by atoms with van der Waals surface area (Å²) in [6, 6.07) is 14.0. The van der Waals surface area contributed by atoms with Crippen LogP contribution in [-0.4, -0.2) is 38.8 Å². The first-order valence-electron chi connectivity index (χ1n) is 9.17. The molecule has 0 unspecified atom stereocenters. The predicted octanol–water partition coefficient (Wildman–Crippen LogP) is 3.22. The van der Waals surface area contributed by atoms with E-state index in [1.807, 2.05) is 24.3 Å². The van der Waals surface area contributed by atoms with E-state index in [9.17, 15) is 13.2 Å². The molecule has 0 saturated carbocycles. The third-order valence-electron chi connectivity index (χ3n) is 4.75. The Kier molecular flexibility index (Phi) is 6.16. The van der Waals surface area contributed by atoms with E-state index < -0.39 is 10.0 Å². The number of amides is 1. The molecule has 0 bridgehead atoms. The highest BCUT2D eigenvalue weighted by atomic mass is 32.2. The van der Waals surface area contributed by atoms with Crippen LogP contribution in [0.4, 0.5) is 5.69 Å². The molecule has 1 aliphatic heterocycles. The predicted molar refractivity (Wildman–Crippen MR) is 109 cm³/mol. The van der Waals surface area contributed by atoms with Crippen molar-refractivity contribution in [3.05, 3.63) is 65.7 Å². The summed E-state index contributed by atoms with van der Waals surface area (Å²) in [7, 11) is -2.07. The van der Waals surface area contributed by atoms with Gasteiger partial charge >= 0.3 is 0 Å². The molecule has 0 aromatic heterocycles. The van der Waals surface area contributed by atoms with E-state index in [1.54, 1.807) is 18.2 Å². The molecule has 1 N–H and O–H groups in total. The SMILES string of the molecule is CCc1cccc(NC(=O)C2=CCN(S(=O)(=O)c3ccc(OC)cc3)CC2)c1. The van der Waals surface area contributed by atoms with Crippen LogP contribution in [0.15, 0.2) is 65.1 Å². The van der Waals surface area contributed by atoms with Crippen molar-refractivity contribution in [2.24, 2.45) is 0 Å². The third kappa shape index (κ3) is 4.43. The van der Waals surface area contributed by atoms with Crippen LogP contribution in [0.5, 0.6) is 5.75 Å². The zero-order valence-electron chi connectivity index (χ0n) is 16.0. The molecule has 0 aliphatic carbocycles. The topological polar surface area (TPSA) is 75.7 Å². The Morgan fingerprint density at radius 2 is 1.93 bits per heavy atom. The summed E-state index contributed by atoms with van der Waals surface area (Å²) >= 11 is 0. The Hall–Kier alpha value is -2.64. The summed E-state index contributed by atoms with van der Waals surface area (Å²) < 4.78 is 32.0. The molecule has 7 heteroatoms. The van der Waals surface area contributed by atoms with Crippen molar-refractivity contribution in [3.63, 3.8) is 0 Å². The fourth-order valence-corrected chi connectivity index (χ4v) is 4.43. The Morgan fingerprint density at radius 1 is 1.18 bits per heavy atom. The lowest BCUT2D eigenvalue weighted by Crippen LogP contribution is -2.36. The summed E-state index contributed by atoms with van der Waals surface area (Å²) in [6.07, 6.45) is 2.95. The molecule has 28 heavy (non-hydrogen) atoms. The maximum Gasteiger partial charge on any atom is 0.251 e. The number of nitrogens with one attached hydrogen (secondary N) is 1. The van der Waals surface area contributed by atoms with E-state index in [-0.39, 0.29) is 23.9 Å². The van der Waals surface area contributed by atoms with Gasteiger partial charge in [0.2, 0.25) is 10.0 Å². The van der Waals surface area contributed by atoms with E-state index in [1.165, 1.54) is 23.5 Å². The Bertz CT molecular complexity index is 982. The van der Waals surface area contributed by atoms with Crippen LogP contribution >= 0.6 is 0 Å². The van der Waals surface area contributed by atoms with Crippen molar-refractivity contribution in [3.8, 4) is 5.75 Å². The lowest BCUT2D eigenvalue weighted by atomic mass is 10.1. The summed E-state index contributed by atoms with van der Waals surface area (Å²) in [5.74, 6) is 0.415. The monoisotopic (exact) mass is 400 g/mol. The second kappa shape index (κ2) is 8.58. The third-order valence-corrected chi connectivity index (χ3v) is 6.63. The van der Waals surface area contributed by atoms with Gasteiger partial charge in [0.05, 0.1) is 12.0 Å². The zero-order chi connectivity index (χ0) is 20.1. The standard InChI is InChI=1S/C21H24N2O4S/c1-3-16-5-4-6-18(15-16)22-21(24)17-11-13-23(14-12-17)28(25,26)20-9-7-19(27-2)8-10-20/h4-11,15H,3,12-14H2,1-2H3,(H,22,24). The van der Waals surface area contributed by atoms with Gasteiger partial charge in [0.1, 0.15) is 5.75 Å². The number of benzene rings is 2. The second-order valence-electron chi connectivity index (χ2n) is 6.53. The van der Waals surface area contributed by atoms with Gasteiger partial charge in [-0.1, -0.05) is 25.1 Å². The van der Waals surface area contributed by atoms with Crippen molar-refractivity contribution in [2.75, 3.05) is 25.5 Å². The molecule has 1 aliphatic rings. The smallest absolute Gasteiger partial charge is 0.251 e. The first-order chi connectivity index (χ1) is 13.4. The molecule has 6 nitrogen and oxygen atoms in total. The van der Waals surface area contributed by atoms with Crippen molar-refractivity contribution in [1.29, 1.82) is 0 Å². The maximum atomic E-state index is 12.8. The number of carbonyl (C=O) groups excluding carboxylic acids is 1. The molecule has 3 rings (SSSR count). The summed E-state index contributed by atoms with van der Waals surface area (Å²) in [4.78, 5) is 12.7. The van der Waals surface area contributed by atoms with Gasteiger partial charge in [-0.05, 0) is 54.8 Å². The number of hydrogen-bond acceptors (Lipinski definition) is 4. The molecule has 1 heterocycles. The summed E-state index contributed by atoms with van der Waals surface area (Å²) in [6.45, 7) is 2.50. The first-order valence-corrected chi connectivity index (χ1v) is 10.6. The average Bonchev–Trinajstić information content (AvgIpc) is 2.74. The van der Waals surface area contributed by atoms with E-state index in [4.69, 9.17) is 4.74 Å². The van der Waals surface area contributed by atoms with Crippen molar-refractivity contribution < 1.29 is 17.9 Å². The number of ether oxygens (including phenoxy) is 1. The highest BCUT2D eigenvalue weighted by Gasteiger charge is 2.27. The molecule has 2 aromatic rings. The van der Waals surface area contributed by atoms with Crippen LogP contribution in [0, 0.1) is 0 Å². The van der Waals surface area contributed by atoms with Gasteiger partial charge in [0.25, 0.3) is 5.91 Å². The van der Waals surface area contributed by atoms with Gasteiger partial charge in [-0.3, -0.25) is 4.79 Å². The van der Waals surface area contributed by atoms with Gasteiger partial charge in [-0.25, -0.2) is 8.42 Å². The van der Waals surface area contributed by atoms with Crippen LogP contribution in [0.25, 0.3) is 0 Å². The normalized spacial score (nSPS) is 15.0. The second-order valence-corrected chi connectivity index (χ2v) is 8.46. The van der Waals surface area contributed by atoms with E-state index in [0.717, 1.165) is 17.7 Å². The van der Waals surface area contributed by atoms with Crippen LogP contribution in [0.3, 0.4) is 0 Å². The maximum absolute atomic E-state index is 12.8. The van der Waals surface area contributed by atoms with Crippen molar-refractivity contribution >= 4 is 21.6 Å². The number of nitrogens with zero attached hydrogens (tertiary/aromatic N) is 1. The minimum Gasteiger partial charge on any atom is -0.497 e. The molecular formula is C21H24N2O4S. The van der Waals surface area contributed by atoms with E-state index in [0.29, 0.717) is 17.7 Å². The Balaban J connectivity index is 1.68. The molecular weight excluding hydrogens is 376 g/mol. The number of methoxy groups -OCH3 is 1. The quantitative estimate of drug-likeness (QED) is 0.808. The largest absolute Gasteiger partial charge is 0.497 e. The van der Waals surface area contributed by atoms with Crippen molar-refractivity contribution in [1.82, 2.24) is 4.31 Å². The summed E-state index contributed by atoms with van der Waals surface area (Å²) in [5, 5.41) is 2.90. The van der Waals surface area contributed by atoms with Crippen LogP contribution in [-0.2, 0) is 21.2 Å². The number of carbonyl (C=O) groups is 1. The number of rotatable bonds is 6. The van der Waals surface area contributed by atoms with E-state index >= 15 is 0 Å². The van der Waals surface area contributed by atoms with Crippen molar-refractivity contribution in [2.45, 2.75) is 24.7 Å². The molecule has 0 atom stereocenters. The molecule has 0 spiro atoms.